The van der Waals surface area contributed by atoms with Gasteiger partial charge in [0.15, 0.2) is 0 Å². The minimum absolute atomic E-state index is 0.103. The molecule has 0 bridgehead atoms. The molecule has 2 rings (SSSR count). The van der Waals surface area contributed by atoms with Crippen LogP contribution in [0.15, 0.2) is 6.07 Å². The second-order valence-electron chi connectivity index (χ2n) is 6.49. The number of hydrogen-bond donors (Lipinski definition) is 3. The summed E-state index contributed by atoms with van der Waals surface area (Å²) >= 11 is 0. The Balaban J connectivity index is 1.98. The summed E-state index contributed by atoms with van der Waals surface area (Å²) in [6.07, 6.45) is 2.67. The monoisotopic (exact) mass is 278 g/mol. The normalized spacial score (nSPS) is 15.5. The number of anilines is 2. The van der Waals surface area contributed by atoms with Crippen molar-refractivity contribution in [1.29, 1.82) is 0 Å². The number of rotatable bonds is 6. The first-order valence-corrected chi connectivity index (χ1v) is 7.20. The van der Waals surface area contributed by atoms with Gasteiger partial charge in [-0.15, -0.1) is 0 Å². The molecule has 0 aromatic carbocycles. The number of nitrogens with one attached hydrogen (secondary N) is 2. The van der Waals surface area contributed by atoms with Gasteiger partial charge in [-0.3, -0.25) is 0 Å². The van der Waals surface area contributed by atoms with Gasteiger partial charge < -0.3 is 15.6 Å². The molecule has 1 fully saturated rings. The zero-order chi connectivity index (χ0) is 14.8. The van der Waals surface area contributed by atoms with Crippen LogP contribution < -0.4 is 16.6 Å². The van der Waals surface area contributed by atoms with Crippen LogP contribution in [-0.4, -0.2) is 41.0 Å². The fraction of sp³-hybridized carbons (Fsp3) is 0.714. The highest BCUT2D eigenvalue weighted by atomic mass is 15.3. The number of nitrogens with zero attached hydrogens (tertiary/aromatic N) is 3. The highest BCUT2D eigenvalue weighted by Crippen LogP contribution is 2.25. The number of nitrogen functional groups attached to an aromatic ring is 1. The van der Waals surface area contributed by atoms with Crippen LogP contribution in [0, 0.1) is 0 Å². The lowest BCUT2D eigenvalue weighted by atomic mass is 9.96. The van der Waals surface area contributed by atoms with Crippen LogP contribution >= 0.6 is 0 Å². The predicted molar refractivity (Wildman–Crippen MR) is 82.7 cm³/mol. The van der Waals surface area contributed by atoms with Gasteiger partial charge in [0, 0.05) is 30.6 Å². The van der Waals surface area contributed by atoms with Gasteiger partial charge in [-0.05, 0) is 19.9 Å². The smallest absolute Gasteiger partial charge is 0.145 e. The third-order valence-corrected chi connectivity index (χ3v) is 3.49. The summed E-state index contributed by atoms with van der Waals surface area (Å²) in [5, 5.41) is 3.36. The molecule has 0 spiro atoms. The van der Waals surface area contributed by atoms with Crippen LogP contribution in [0.5, 0.6) is 0 Å². The molecule has 20 heavy (non-hydrogen) atoms. The van der Waals surface area contributed by atoms with E-state index >= 15 is 0 Å². The van der Waals surface area contributed by atoms with Gasteiger partial charge in [0.1, 0.15) is 17.5 Å². The van der Waals surface area contributed by atoms with Gasteiger partial charge >= 0.3 is 0 Å². The van der Waals surface area contributed by atoms with Crippen molar-refractivity contribution in [1.82, 2.24) is 14.9 Å². The van der Waals surface area contributed by atoms with Crippen LogP contribution in [0.3, 0.4) is 0 Å². The highest BCUT2D eigenvalue weighted by Gasteiger charge is 2.25. The Morgan fingerprint density at radius 1 is 1.30 bits per heavy atom. The summed E-state index contributed by atoms with van der Waals surface area (Å²) < 4.78 is 0. The summed E-state index contributed by atoms with van der Waals surface area (Å²) in [7, 11) is 2.17. The number of hydrazine groups is 1. The van der Waals surface area contributed by atoms with E-state index in [1.165, 1.54) is 12.8 Å². The first-order chi connectivity index (χ1) is 9.40. The summed E-state index contributed by atoms with van der Waals surface area (Å²) in [5.41, 5.74) is 2.50. The lowest BCUT2D eigenvalue weighted by Crippen LogP contribution is -2.27. The highest BCUT2D eigenvalue weighted by molar-refractivity contribution is 5.47. The molecule has 0 unspecified atom stereocenters. The van der Waals surface area contributed by atoms with Gasteiger partial charge in [-0.2, -0.15) is 0 Å². The van der Waals surface area contributed by atoms with Crippen LogP contribution in [0.25, 0.3) is 0 Å². The van der Waals surface area contributed by atoms with Gasteiger partial charge in [0.05, 0.1) is 0 Å². The van der Waals surface area contributed by atoms with Crippen molar-refractivity contribution in [3.05, 3.63) is 11.9 Å². The molecule has 1 aliphatic carbocycles. The van der Waals surface area contributed by atoms with Crippen LogP contribution in [0.2, 0.25) is 0 Å². The molecule has 0 saturated heterocycles. The third kappa shape index (κ3) is 4.05. The van der Waals surface area contributed by atoms with Gasteiger partial charge in [-0.1, -0.05) is 20.8 Å². The lowest BCUT2D eigenvalue weighted by molar-refractivity contribution is 0.337. The van der Waals surface area contributed by atoms with Crippen molar-refractivity contribution >= 4 is 11.6 Å². The largest absolute Gasteiger partial charge is 0.369 e. The zero-order valence-electron chi connectivity index (χ0n) is 12.9. The van der Waals surface area contributed by atoms with Crippen LogP contribution in [-0.2, 0) is 5.41 Å². The van der Waals surface area contributed by atoms with E-state index in [0.717, 1.165) is 30.8 Å². The summed E-state index contributed by atoms with van der Waals surface area (Å²) in [4.78, 5) is 11.4. The predicted octanol–water partition coefficient (Wildman–Crippen LogP) is 1.57. The molecule has 1 aromatic heterocycles. The lowest BCUT2D eigenvalue weighted by Gasteiger charge is -2.20. The van der Waals surface area contributed by atoms with Gasteiger partial charge in [0.25, 0.3) is 0 Å². The molecule has 0 amide bonds. The minimum atomic E-state index is -0.103. The topological polar surface area (TPSA) is 79.1 Å². The Hall–Kier alpha value is -1.40. The maximum atomic E-state index is 5.48. The second-order valence-corrected chi connectivity index (χ2v) is 6.49. The van der Waals surface area contributed by atoms with E-state index in [9.17, 15) is 0 Å². The Morgan fingerprint density at radius 2 is 1.95 bits per heavy atom. The number of nitrogens with two attached hydrogens (primary N) is 1. The van der Waals surface area contributed by atoms with E-state index in [4.69, 9.17) is 5.84 Å². The summed E-state index contributed by atoms with van der Waals surface area (Å²) in [5.74, 6) is 7.73. The van der Waals surface area contributed by atoms with Crippen molar-refractivity contribution in [3.63, 3.8) is 0 Å². The molecule has 112 valence electrons. The van der Waals surface area contributed by atoms with Gasteiger partial charge in [0.2, 0.25) is 0 Å². The molecule has 0 radical (unpaired) electrons. The molecule has 6 nitrogen and oxygen atoms in total. The molecule has 0 atom stereocenters. The van der Waals surface area contributed by atoms with E-state index < -0.39 is 0 Å². The maximum absolute atomic E-state index is 5.48. The zero-order valence-corrected chi connectivity index (χ0v) is 12.9. The molecule has 1 heterocycles. The van der Waals surface area contributed by atoms with Crippen LogP contribution in [0.4, 0.5) is 11.6 Å². The molecular weight excluding hydrogens is 252 g/mol. The summed E-state index contributed by atoms with van der Waals surface area (Å²) in [6, 6.07) is 2.63. The molecule has 1 saturated carbocycles. The van der Waals surface area contributed by atoms with Crippen molar-refractivity contribution < 1.29 is 0 Å². The molecule has 1 aliphatic rings. The fourth-order valence-electron chi connectivity index (χ4n) is 2.01. The quantitative estimate of drug-likeness (QED) is 0.541. The van der Waals surface area contributed by atoms with Crippen molar-refractivity contribution in [3.8, 4) is 0 Å². The van der Waals surface area contributed by atoms with Crippen molar-refractivity contribution in [2.75, 3.05) is 30.9 Å². The number of aromatic nitrogens is 2. The molecule has 1 aromatic rings. The fourth-order valence-corrected chi connectivity index (χ4v) is 2.01. The van der Waals surface area contributed by atoms with E-state index in [0.29, 0.717) is 5.82 Å². The molecule has 0 aliphatic heterocycles. The Morgan fingerprint density at radius 3 is 2.50 bits per heavy atom. The summed E-state index contributed by atoms with van der Waals surface area (Å²) in [6.45, 7) is 8.16. The number of likely N-dealkylation sites (N-methyl/N-ethyl adjacent to an activating group) is 1. The first-order valence-electron chi connectivity index (χ1n) is 7.20. The second kappa shape index (κ2) is 5.93. The van der Waals surface area contributed by atoms with Crippen LogP contribution in [0.1, 0.15) is 39.4 Å². The molecular formula is C14H26N6. The molecule has 4 N–H and O–H groups in total. The number of hydrogen-bond acceptors (Lipinski definition) is 6. The van der Waals surface area contributed by atoms with Crippen molar-refractivity contribution in [2.24, 2.45) is 5.84 Å². The SMILES string of the molecule is CN(CCNc1cc(NN)nc(C(C)(C)C)n1)C1CC1. The Kier molecular flexibility index (Phi) is 4.45. The van der Waals surface area contributed by atoms with Gasteiger partial charge in [-0.25, -0.2) is 15.8 Å². The first kappa shape index (κ1) is 15.0. The maximum Gasteiger partial charge on any atom is 0.145 e. The Labute approximate surface area is 121 Å². The standard InChI is InChI=1S/C14H26N6/c1-14(2,3)13-17-11(9-12(18-13)19-15)16-7-8-20(4)10-5-6-10/h9-10H,5-8,15H2,1-4H3,(H2,16,17,18,19). The average Bonchev–Trinajstić information content (AvgIpc) is 3.21. The van der Waals surface area contributed by atoms with E-state index in [1.807, 2.05) is 6.07 Å². The van der Waals surface area contributed by atoms with E-state index in [-0.39, 0.29) is 5.41 Å². The van der Waals surface area contributed by atoms with E-state index in [1.54, 1.807) is 0 Å². The third-order valence-electron chi connectivity index (χ3n) is 3.49. The van der Waals surface area contributed by atoms with E-state index in [2.05, 4.69) is 53.4 Å². The molecule has 6 heteroatoms. The van der Waals surface area contributed by atoms with Crippen molar-refractivity contribution in [2.45, 2.75) is 45.1 Å². The average molecular weight is 278 g/mol. The minimum Gasteiger partial charge on any atom is -0.369 e. The Bertz CT molecular complexity index is 449.